The van der Waals surface area contributed by atoms with Crippen LogP contribution >= 0.6 is 12.4 Å². The summed E-state index contributed by atoms with van der Waals surface area (Å²) in [4.78, 5) is 16.3. The fourth-order valence-corrected chi connectivity index (χ4v) is 2.09. The summed E-state index contributed by atoms with van der Waals surface area (Å²) in [5.74, 6) is 0.298. The minimum absolute atomic E-state index is 0. The number of rotatable bonds is 7. The number of ether oxygens (including phenoxy) is 1. The van der Waals surface area contributed by atoms with Crippen LogP contribution in [-0.4, -0.2) is 34.7 Å². The summed E-state index contributed by atoms with van der Waals surface area (Å²) < 4.78 is 7.36. The van der Waals surface area contributed by atoms with E-state index in [9.17, 15) is 4.79 Å². The lowest BCUT2D eigenvalue weighted by Crippen LogP contribution is -2.33. The quantitative estimate of drug-likeness (QED) is 0.764. The first-order valence-electron chi connectivity index (χ1n) is 7.23. The zero-order valence-corrected chi connectivity index (χ0v) is 13.7. The molecule has 0 aliphatic carbocycles. The number of carbonyl (C=O) groups excluding carboxylic acids is 1. The normalized spacial score (nSPS) is 12.0. The van der Waals surface area contributed by atoms with Gasteiger partial charge in [-0.3, -0.25) is 10.1 Å². The van der Waals surface area contributed by atoms with Gasteiger partial charge in [-0.1, -0.05) is 12.1 Å². The van der Waals surface area contributed by atoms with Crippen molar-refractivity contribution >= 4 is 35.3 Å². The van der Waals surface area contributed by atoms with Crippen molar-refractivity contribution in [2.45, 2.75) is 32.9 Å². The van der Waals surface area contributed by atoms with Crippen LogP contribution in [0.2, 0.25) is 0 Å². The van der Waals surface area contributed by atoms with E-state index in [1.807, 2.05) is 35.8 Å². The Morgan fingerprint density at radius 3 is 2.86 bits per heavy atom. The number of aromatic nitrogens is 2. The van der Waals surface area contributed by atoms with Crippen molar-refractivity contribution in [3.05, 3.63) is 24.3 Å². The molecule has 0 aliphatic rings. The van der Waals surface area contributed by atoms with Gasteiger partial charge in [0.2, 0.25) is 11.9 Å². The number of para-hydroxylation sites is 2. The largest absolute Gasteiger partial charge is 0.382 e. The monoisotopic (exact) mass is 326 g/mol. The Morgan fingerprint density at radius 2 is 2.18 bits per heavy atom. The van der Waals surface area contributed by atoms with Crippen LogP contribution in [0.15, 0.2) is 24.3 Å². The van der Waals surface area contributed by atoms with Gasteiger partial charge in [-0.15, -0.1) is 12.4 Å². The number of fused-ring (bicyclic) bond motifs is 1. The molecule has 0 unspecified atom stereocenters. The lowest BCUT2D eigenvalue weighted by atomic mass is 10.3. The number of nitrogens with zero attached hydrogens (tertiary/aromatic N) is 2. The fourth-order valence-electron chi connectivity index (χ4n) is 2.09. The molecule has 0 saturated heterocycles. The molecule has 22 heavy (non-hydrogen) atoms. The van der Waals surface area contributed by atoms with E-state index >= 15 is 0 Å². The second kappa shape index (κ2) is 8.73. The summed E-state index contributed by atoms with van der Waals surface area (Å²) in [6.45, 7) is 5.75. The number of aryl methyl sites for hydroxylation is 1. The van der Waals surface area contributed by atoms with E-state index in [0.717, 1.165) is 24.0 Å². The SMILES string of the molecule is CCOCCCn1c(NC(=O)[C@H](C)N)nc2ccccc21.Cl. The molecule has 3 N–H and O–H groups in total. The number of imidazole rings is 1. The maximum absolute atomic E-state index is 11.8. The molecule has 7 heteroatoms. The molecule has 6 nitrogen and oxygen atoms in total. The van der Waals surface area contributed by atoms with Crippen LogP contribution in [0.25, 0.3) is 11.0 Å². The van der Waals surface area contributed by atoms with Crippen LogP contribution in [0.1, 0.15) is 20.3 Å². The Morgan fingerprint density at radius 1 is 1.45 bits per heavy atom. The van der Waals surface area contributed by atoms with Gasteiger partial charge in [0.1, 0.15) is 0 Å². The molecule has 0 spiro atoms. The minimum atomic E-state index is -0.568. The van der Waals surface area contributed by atoms with E-state index in [0.29, 0.717) is 19.2 Å². The highest BCUT2D eigenvalue weighted by Crippen LogP contribution is 2.20. The predicted octanol–water partition coefficient (Wildman–Crippen LogP) is 2.17. The average molecular weight is 327 g/mol. The smallest absolute Gasteiger partial charge is 0.243 e. The van der Waals surface area contributed by atoms with Crippen LogP contribution in [0, 0.1) is 0 Å². The number of amides is 1. The molecule has 0 fully saturated rings. The molecule has 122 valence electrons. The first-order valence-corrected chi connectivity index (χ1v) is 7.23. The van der Waals surface area contributed by atoms with E-state index in [1.54, 1.807) is 6.92 Å². The molecule has 2 aromatic rings. The van der Waals surface area contributed by atoms with Gasteiger partial charge in [0.15, 0.2) is 0 Å². The van der Waals surface area contributed by atoms with E-state index in [2.05, 4.69) is 10.3 Å². The second-order valence-corrected chi connectivity index (χ2v) is 4.90. The Bertz CT molecular complexity index is 613. The molecule has 1 aromatic carbocycles. The molecule has 1 heterocycles. The topological polar surface area (TPSA) is 82.2 Å². The summed E-state index contributed by atoms with van der Waals surface area (Å²) in [5, 5.41) is 2.79. The van der Waals surface area contributed by atoms with Gasteiger partial charge in [0.25, 0.3) is 0 Å². The Kier molecular flexibility index (Phi) is 7.31. The molecule has 1 atom stereocenters. The van der Waals surface area contributed by atoms with Crippen molar-refractivity contribution in [3.8, 4) is 0 Å². The van der Waals surface area contributed by atoms with E-state index < -0.39 is 6.04 Å². The molecule has 0 radical (unpaired) electrons. The average Bonchev–Trinajstić information content (AvgIpc) is 2.81. The summed E-state index contributed by atoms with van der Waals surface area (Å²) in [5.41, 5.74) is 7.45. The van der Waals surface area contributed by atoms with Gasteiger partial charge in [0, 0.05) is 19.8 Å². The van der Waals surface area contributed by atoms with Gasteiger partial charge >= 0.3 is 0 Å². The Balaban J connectivity index is 0.00000242. The van der Waals surface area contributed by atoms with Gasteiger partial charge in [-0.05, 0) is 32.4 Å². The Labute approximate surface area is 136 Å². The number of halogens is 1. The standard InChI is InChI=1S/C15H22N4O2.ClH/c1-3-21-10-6-9-19-13-8-5-4-7-12(13)17-15(19)18-14(20)11(2)16;/h4-5,7-8,11H,3,6,9-10,16H2,1-2H3,(H,17,18,20);1H/t11-;/m0./s1. The zero-order chi connectivity index (χ0) is 15.2. The van der Waals surface area contributed by atoms with Gasteiger partial charge in [-0.2, -0.15) is 0 Å². The highest BCUT2D eigenvalue weighted by atomic mass is 35.5. The van der Waals surface area contributed by atoms with Crippen LogP contribution in [0.5, 0.6) is 0 Å². The van der Waals surface area contributed by atoms with Crippen molar-refractivity contribution in [2.24, 2.45) is 5.73 Å². The zero-order valence-electron chi connectivity index (χ0n) is 12.9. The maximum Gasteiger partial charge on any atom is 0.243 e. The fraction of sp³-hybridized carbons (Fsp3) is 0.467. The minimum Gasteiger partial charge on any atom is -0.382 e. The third-order valence-corrected chi connectivity index (χ3v) is 3.18. The lowest BCUT2D eigenvalue weighted by molar-refractivity contribution is -0.117. The summed E-state index contributed by atoms with van der Waals surface area (Å²) in [6.07, 6.45) is 0.856. The van der Waals surface area contributed by atoms with Crippen molar-refractivity contribution < 1.29 is 9.53 Å². The van der Waals surface area contributed by atoms with Crippen molar-refractivity contribution in [1.82, 2.24) is 9.55 Å². The molecule has 0 aliphatic heterocycles. The number of benzene rings is 1. The number of nitrogens with two attached hydrogens (primary N) is 1. The van der Waals surface area contributed by atoms with Crippen LogP contribution in [-0.2, 0) is 16.1 Å². The van der Waals surface area contributed by atoms with Crippen LogP contribution < -0.4 is 11.1 Å². The van der Waals surface area contributed by atoms with Crippen LogP contribution in [0.3, 0.4) is 0 Å². The first-order chi connectivity index (χ1) is 10.1. The van der Waals surface area contributed by atoms with Gasteiger partial charge < -0.3 is 15.0 Å². The summed E-state index contributed by atoms with van der Waals surface area (Å²) in [6, 6.07) is 7.24. The van der Waals surface area contributed by atoms with E-state index in [-0.39, 0.29) is 18.3 Å². The molecular formula is C15H23ClN4O2. The first kappa shape index (κ1) is 18.4. The molecule has 0 bridgehead atoms. The van der Waals surface area contributed by atoms with Gasteiger partial charge in [-0.25, -0.2) is 4.98 Å². The molecule has 0 saturated carbocycles. The number of nitrogens with one attached hydrogen (secondary N) is 1. The number of carbonyl (C=O) groups is 1. The third-order valence-electron chi connectivity index (χ3n) is 3.18. The highest BCUT2D eigenvalue weighted by Gasteiger charge is 2.14. The number of hydrogen-bond donors (Lipinski definition) is 2. The van der Waals surface area contributed by atoms with Crippen LogP contribution in [0.4, 0.5) is 5.95 Å². The highest BCUT2D eigenvalue weighted by molar-refractivity contribution is 5.94. The lowest BCUT2D eigenvalue weighted by Gasteiger charge is -2.11. The number of hydrogen-bond acceptors (Lipinski definition) is 4. The van der Waals surface area contributed by atoms with Crippen molar-refractivity contribution in [2.75, 3.05) is 18.5 Å². The predicted molar refractivity (Wildman–Crippen MR) is 90.4 cm³/mol. The molecule has 2 rings (SSSR count). The second-order valence-electron chi connectivity index (χ2n) is 4.90. The molecule has 1 amide bonds. The maximum atomic E-state index is 11.8. The third kappa shape index (κ3) is 4.43. The summed E-state index contributed by atoms with van der Waals surface area (Å²) in [7, 11) is 0. The van der Waals surface area contributed by atoms with Crippen molar-refractivity contribution in [3.63, 3.8) is 0 Å². The van der Waals surface area contributed by atoms with Crippen molar-refractivity contribution in [1.29, 1.82) is 0 Å². The molecule has 1 aromatic heterocycles. The van der Waals surface area contributed by atoms with E-state index in [1.165, 1.54) is 0 Å². The summed E-state index contributed by atoms with van der Waals surface area (Å²) >= 11 is 0. The number of anilines is 1. The Hall–Kier alpha value is -1.63. The molecular weight excluding hydrogens is 304 g/mol. The van der Waals surface area contributed by atoms with Gasteiger partial charge in [0.05, 0.1) is 17.1 Å². The van der Waals surface area contributed by atoms with E-state index in [4.69, 9.17) is 10.5 Å².